The number of nitrogens with zero attached hydrogens (tertiary/aromatic N) is 2. The second kappa shape index (κ2) is 3.98. The lowest BCUT2D eigenvalue weighted by molar-refractivity contribution is 0.111. The molecule has 0 fully saturated rings. The van der Waals surface area contributed by atoms with Crippen LogP contribution in [0.25, 0.3) is 16.2 Å². The number of hydrogen-bond donors (Lipinski definition) is 0. The van der Waals surface area contributed by atoms with E-state index in [2.05, 4.69) is 4.98 Å². The Kier molecular flexibility index (Phi) is 2.46. The Morgan fingerprint density at radius 2 is 2.24 bits per heavy atom. The van der Waals surface area contributed by atoms with Crippen LogP contribution in [0.2, 0.25) is 5.02 Å². The van der Waals surface area contributed by atoms with Gasteiger partial charge in [0.05, 0.1) is 9.90 Å². The third-order valence-electron chi connectivity index (χ3n) is 2.49. The molecule has 3 aromatic rings. The summed E-state index contributed by atoms with van der Waals surface area (Å²) in [5, 5.41) is 2.54. The van der Waals surface area contributed by atoms with E-state index in [-0.39, 0.29) is 0 Å². The summed E-state index contributed by atoms with van der Waals surface area (Å²) in [6.45, 7) is 0. The van der Waals surface area contributed by atoms with Crippen LogP contribution in [0, 0.1) is 0 Å². The summed E-state index contributed by atoms with van der Waals surface area (Å²) in [5.41, 5.74) is 1.96. The van der Waals surface area contributed by atoms with Crippen LogP contribution in [-0.2, 0) is 0 Å². The van der Waals surface area contributed by atoms with Crippen molar-refractivity contribution in [3.05, 3.63) is 46.6 Å². The first-order chi connectivity index (χ1) is 8.29. The molecule has 0 spiro atoms. The molecule has 3 rings (SSSR count). The van der Waals surface area contributed by atoms with E-state index >= 15 is 0 Å². The Morgan fingerprint density at radius 1 is 1.35 bits per heavy atom. The van der Waals surface area contributed by atoms with Crippen LogP contribution >= 0.6 is 22.9 Å². The second-order valence-corrected chi connectivity index (χ2v) is 4.90. The third-order valence-corrected chi connectivity index (χ3v) is 3.59. The van der Waals surface area contributed by atoms with E-state index in [1.165, 1.54) is 0 Å². The van der Waals surface area contributed by atoms with Crippen molar-refractivity contribution >= 4 is 34.9 Å². The van der Waals surface area contributed by atoms with Crippen LogP contribution in [0.5, 0.6) is 0 Å². The first kappa shape index (κ1) is 10.5. The molecule has 0 saturated heterocycles. The number of pyridine rings is 1. The highest BCUT2D eigenvalue weighted by Crippen LogP contribution is 2.28. The molecule has 3 nitrogen and oxygen atoms in total. The number of fused-ring (bicyclic) bond motifs is 1. The zero-order valence-corrected chi connectivity index (χ0v) is 10.2. The Bertz CT molecular complexity index is 688. The van der Waals surface area contributed by atoms with E-state index < -0.39 is 0 Å². The molecular weight excluding hydrogens is 256 g/mol. The Morgan fingerprint density at radius 3 is 2.94 bits per heavy atom. The van der Waals surface area contributed by atoms with E-state index in [1.807, 2.05) is 17.5 Å². The summed E-state index contributed by atoms with van der Waals surface area (Å²) >= 11 is 7.48. The fraction of sp³-hybridized carbons (Fsp3) is 0. The average molecular weight is 263 g/mol. The first-order valence-electron chi connectivity index (χ1n) is 4.96. The van der Waals surface area contributed by atoms with Gasteiger partial charge in [-0.15, -0.1) is 11.3 Å². The van der Waals surface area contributed by atoms with Crippen LogP contribution in [0.3, 0.4) is 0 Å². The van der Waals surface area contributed by atoms with Gasteiger partial charge in [0, 0.05) is 6.20 Å². The van der Waals surface area contributed by atoms with Gasteiger partial charge < -0.3 is 0 Å². The van der Waals surface area contributed by atoms with Crippen molar-refractivity contribution in [3.8, 4) is 10.6 Å². The number of carbonyl (C=O) groups is 1. The van der Waals surface area contributed by atoms with Crippen LogP contribution in [0.4, 0.5) is 0 Å². The molecule has 0 aromatic carbocycles. The zero-order chi connectivity index (χ0) is 11.8. The number of aromatic nitrogens is 2. The molecular formula is C12H7ClN2OS. The molecule has 0 saturated carbocycles. The Balaban J connectivity index is 2.36. The van der Waals surface area contributed by atoms with Gasteiger partial charge in [0.2, 0.25) is 0 Å². The quantitative estimate of drug-likeness (QED) is 0.662. The molecule has 0 N–H and O–H groups in total. The molecule has 5 heteroatoms. The van der Waals surface area contributed by atoms with Crippen molar-refractivity contribution < 1.29 is 4.79 Å². The summed E-state index contributed by atoms with van der Waals surface area (Å²) in [7, 11) is 0. The molecule has 3 aromatic heterocycles. The normalized spacial score (nSPS) is 10.9. The van der Waals surface area contributed by atoms with Crippen molar-refractivity contribution in [2.24, 2.45) is 0 Å². The van der Waals surface area contributed by atoms with Gasteiger partial charge in [-0.05, 0) is 23.6 Å². The number of thiophene rings is 1. The predicted octanol–water partition coefficient (Wildman–Crippen LogP) is 3.53. The molecule has 84 valence electrons. The Hall–Kier alpha value is -1.65. The SMILES string of the molecule is O=Cc1c(-c2cccs2)nc2ccc(Cl)cn12. The molecule has 3 heterocycles. The summed E-state index contributed by atoms with van der Waals surface area (Å²) in [4.78, 5) is 16.6. The van der Waals surface area contributed by atoms with Crippen LogP contribution in [0.1, 0.15) is 10.5 Å². The summed E-state index contributed by atoms with van der Waals surface area (Å²) in [5.74, 6) is 0. The van der Waals surface area contributed by atoms with E-state index in [0.717, 1.165) is 16.8 Å². The number of halogens is 1. The molecule has 17 heavy (non-hydrogen) atoms. The monoisotopic (exact) mass is 262 g/mol. The third kappa shape index (κ3) is 1.66. The highest BCUT2D eigenvalue weighted by molar-refractivity contribution is 7.13. The zero-order valence-electron chi connectivity index (χ0n) is 8.63. The summed E-state index contributed by atoms with van der Waals surface area (Å²) in [6, 6.07) is 7.44. The van der Waals surface area contributed by atoms with E-state index in [0.29, 0.717) is 16.4 Å². The van der Waals surface area contributed by atoms with Gasteiger partial charge in [-0.1, -0.05) is 17.7 Å². The fourth-order valence-corrected chi connectivity index (χ4v) is 2.63. The minimum absolute atomic E-state index is 0.532. The lowest BCUT2D eigenvalue weighted by Gasteiger charge is -1.96. The lowest BCUT2D eigenvalue weighted by atomic mass is 10.3. The van der Waals surface area contributed by atoms with Crippen molar-refractivity contribution in [1.29, 1.82) is 0 Å². The second-order valence-electron chi connectivity index (χ2n) is 3.52. The minimum Gasteiger partial charge on any atom is -0.296 e. The highest BCUT2D eigenvalue weighted by atomic mass is 35.5. The van der Waals surface area contributed by atoms with E-state index in [4.69, 9.17) is 11.6 Å². The largest absolute Gasteiger partial charge is 0.296 e. The van der Waals surface area contributed by atoms with E-state index in [1.54, 1.807) is 34.1 Å². The maximum absolute atomic E-state index is 11.2. The maximum atomic E-state index is 11.2. The summed E-state index contributed by atoms with van der Waals surface area (Å²) in [6.07, 6.45) is 2.51. The standard InChI is InChI=1S/C12H7ClN2OS/c13-8-3-4-11-14-12(10-2-1-5-17-10)9(7-16)15(11)6-8/h1-7H. The lowest BCUT2D eigenvalue weighted by Crippen LogP contribution is -1.91. The molecule has 0 aliphatic heterocycles. The molecule has 0 amide bonds. The smallest absolute Gasteiger partial charge is 0.169 e. The Labute approximate surface area is 106 Å². The van der Waals surface area contributed by atoms with E-state index in [9.17, 15) is 4.79 Å². The molecule has 0 bridgehead atoms. The van der Waals surface area contributed by atoms with Crippen molar-refractivity contribution in [2.75, 3.05) is 0 Å². The number of aldehydes is 1. The van der Waals surface area contributed by atoms with Crippen LogP contribution < -0.4 is 0 Å². The number of imidazole rings is 1. The fourth-order valence-electron chi connectivity index (χ4n) is 1.74. The van der Waals surface area contributed by atoms with Gasteiger partial charge in [0.1, 0.15) is 17.0 Å². The van der Waals surface area contributed by atoms with Gasteiger partial charge in [-0.2, -0.15) is 0 Å². The minimum atomic E-state index is 0.532. The maximum Gasteiger partial charge on any atom is 0.169 e. The van der Waals surface area contributed by atoms with Gasteiger partial charge in [0.25, 0.3) is 0 Å². The highest BCUT2D eigenvalue weighted by Gasteiger charge is 2.13. The molecule has 0 unspecified atom stereocenters. The van der Waals surface area contributed by atoms with Gasteiger partial charge in [-0.25, -0.2) is 4.98 Å². The van der Waals surface area contributed by atoms with Crippen LogP contribution in [0.15, 0.2) is 35.8 Å². The molecule has 0 aliphatic carbocycles. The van der Waals surface area contributed by atoms with Gasteiger partial charge >= 0.3 is 0 Å². The number of hydrogen-bond acceptors (Lipinski definition) is 3. The summed E-state index contributed by atoms with van der Waals surface area (Å²) < 4.78 is 1.71. The van der Waals surface area contributed by atoms with Crippen molar-refractivity contribution in [2.45, 2.75) is 0 Å². The van der Waals surface area contributed by atoms with Gasteiger partial charge in [0.15, 0.2) is 6.29 Å². The van der Waals surface area contributed by atoms with Crippen LogP contribution in [-0.4, -0.2) is 15.7 Å². The molecule has 0 aliphatic rings. The predicted molar refractivity (Wildman–Crippen MR) is 68.9 cm³/mol. The number of carbonyl (C=O) groups excluding carboxylic acids is 1. The first-order valence-corrected chi connectivity index (χ1v) is 6.22. The average Bonchev–Trinajstić information content (AvgIpc) is 2.94. The van der Waals surface area contributed by atoms with Gasteiger partial charge in [-0.3, -0.25) is 9.20 Å². The molecule has 0 atom stereocenters. The van der Waals surface area contributed by atoms with Crippen molar-refractivity contribution in [1.82, 2.24) is 9.38 Å². The topological polar surface area (TPSA) is 34.4 Å². The molecule has 0 radical (unpaired) electrons. The van der Waals surface area contributed by atoms with Crippen molar-refractivity contribution in [3.63, 3.8) is 0 Å². The number of rotatable bonds is 2.